The van der Waals surface area contributed by atoms with Crippen molar-refractivity contribution in [2.24, 2.45) is 0 Å². The molecule has 8 nitrogen and oxygen atoms in total. The number of ether oxygens (including phenoxy) is 1. The van der Waals surface area contributed by atoms with E-state index in [1.165, 1.54) is 0 Å². The molecule has 27 heavy (non-hydrogen) atoms. The summed E-state index contributed by atoms with van der Waals surface area (Å²) in [5, 5.41) is 7.98. The average molecular weight is 376 g/mol. The number of hydrogen-bond acceptors (Lipinski definition) is 5. The Bertz CT molecular complexity index is 684. The fraction of sp³-hybridized carbons (Fsp3) is 0.526. The van der Waals surface area contributed by atoms with Crippen molar-refractivity contribution in [3.63, 3.8) is 0 Å². The Labute approximate surface area is 159 Å². The van der Waals surface area contributed by atoms with Gasteiger partial charge in [-0.15, -0.1) is 0 Å². The number of nitrogens with one attached hydrogen (secondary N) is 3. The monoisotopic (exact) mass is 376 g/mol. The number of anilines is 2. The van der Waals surface area contributed by atoms with Gasteiger partial charge in [0.2, 0.25) is 0 Å². The zero-order valence-electron chi connectivity index (χ0n) is 16.1. The van der Waals surface area contributed by atoms with Crippen LogP contribution in [0.5, 0.6) is 0 Å². The van der Waals surface area contributed by atoms with E-state index < -0.39 is 12.0 Å². The third-order valence-electron chi connectivity index (χ3n) is 4.06. The Balaban J connectivity index is 2.11. The summed E-state index contributed by atoms with van der Waals surface area (Å²) in [5.41, 5.74) is 1.87. The quantitative estimate of drug-likeness (QED) is 0.633. The van der Waals surface area contributed by atoms with Gasteiger partial charge in [-0.3, -0.25) is 9.59 Å². The molecule has 1 saturated heterocycles. The molecule has 1 fully saturated rings. The van der Waals surface area contributed by atoms with E-state index in [9.17, 15) is 14.4 Å². The summed E-state index contributed by atoms with van der Waals surface area (Å²) < 4.78 is 4.76. The number of rotatable bonds is 7. The van der Waals surface area contributed by atoms with Crippen LogP contribution in [0.1, 0.15) is 44.0 Å². The molecule has 0 saturated carbocycles. The number of benzene rings is 1. The average Bonchev–Trinajstić information content (AvgIpc) is 3.14. The van der Waals surface area contributed by atoms with E-state index >= 15 is 0 Å². The van der Waals surface area contributed by atoms with Crippen molar-refractivity contribution in [1.29, 1.82) is 0 Å². The Kier molecular flexibility index (Phi) is 7.45. The molecule has 1 aliphatic rings. The van der Waals surface area contributed by atoms with Gasteiger partial charge in [0.25, 0.3) is 5.91 Å². The summed E-state index contributed by atoms with van der Waals surface area (Å²) in [4.78, 5) is 38.1. The Morgan fingerprint density at radius 2 is 1.89 bits per heavy atom. The lowest BCUT2D eigenvalue weighted by atomic mass is 10.1. The number of amides is 3. The SMILES string of the molecule is CCOC(=O)CNC(=O)Nc1ccc(N2CCCC2)c(C(=O)NC(C)C)c1. The van der Waals surface area contributed by atoms with E-state index in [1.807, 2.05) is 19.9 Å². The second-order valence-electron chi connectivity index (χ2n) is 6.67. The molecule has 1 aliphatic heterocycles. The molecule has 148 valence electrons. The number of esters is 1. The van der Waals surface area contributed by atoms with Gasteiger partial charge >= 0.3 is 12.0 Å². The lowest BCUT2D eigenvalue weighted by Gasteiger charge is -2.22. The molecule has 1 heterocycles. The maximum atomic E-state index is 12.6. The first kappa shape index (κ1) is 20.5. The molecule has 0 unspecified atom stereocenters. The van der Waals surface area contributed by atoms with Crippen molar-refractivity contribution in [2.45, 2.75) is 39.7 Å². The van der Waals surface area contributed by atoms with E-state index in [0.717, 1.165) is 31.6 Å². The van der Waals surface area contributed by atoms with Crippen molar-refractivity contribution in [3.05, 3.63) is 23.8 Å². The number of nitrogens with zero attached hydrogens (tertiary/aromatic N) is 1. The molecule has 0 spiro atoms. The Morgan fingerprint density at radius 1 is 1.19 bits per heavy atom. The number of carbonyl (C=O) groups is 3. The molecule has 3 N–H and O–H groups in total. The number of hydrogen-bond donors (Lipinski definition) is 3. The van der Waals surface area contributed by atoms with Crippen molar-refractivity contribution in [3.8, 4) is 0 Å². The highest BCUT2D eigenvalue weighted by atomic mass is 16.5. The third-order valence-corrected chi connectivity index (χ3v) is 4.06. The Morgan fingerprint density at radius 3 is 2.52 bits per heavy atom. The first-order valence-electron chi connectivity index (χ1n) is 9.31. The standard InChI is InChI=1S/C19H28N4O4/c1-4-27-17(24)12-20-19(26)22-14-7-8-16(23-9-5-6-10-23)15(11-14)18(25)21-13(2)3/h7-8,11,13H,4-6,9-10,12H2,1-3H3,(H,21,25)(H2,20,22,26). The van der Waals surface area contributed by atoms with Crippen LogP contribution >= 0.6 is 0 Å². The zero-order valence-corrected chi connectivity index (χ0v) is 16.1. The highest BCUT2D eigenvalue weighted by molar-refractivity contribution is 6.02. The third kappa shape index (κ3) is 6.16. The summed E-state index contributed by atoms with van der Waals surface area (Å²) in [6, 6.07) is 4.74. The minimum absolute atomic E-state index is 0.00780. The van der Waals surface area contributed by atoms with E-state index in [2.05, 4.69) is 20.9 Å². The van der Waals surface area contributed by atoms with E-state index in [0.29, 0.717) is 11.3 Å². The maximum Gasteiger partial charge on any atom is 0.325 e. The summed E-state index contributed by atoms with van der Waals surface area (Å²) in [5.74, 6) is -0.684. The van der Waals surface area contributed by atoms with Gasteiger partial charge in [-0.05, 0) is 51.8 Å². The summed E-state index contributed by atoms with van der Waals surface area (Å²) in [6.45, 7) is 7.37. The van der Waals surface area contributed by atoms with Crippen LogP contribution in [0.15, 0.2) is 18.2 Å². The highest BCUT2D eigenvalue weighted by Crippen LogP contribution is 2.27. The summed E-state index contributed by atoms with van der Waals surface area (Å²) >= 11 is 0. The minimum Gasteiger partial charge on any atom is -0.465 e. The molecular weight excluding hydrogens is 348 g/mol. The molecule has 0 radical (unpaired) electrons. The number of urea groups is 1. The molecule has 3 amide bonds. The van der Waals surface area contributed by atoms with Gasteiger partial charge < -0.3 is 25.6 Å². The minimum atomic E-state index is -0.535. The molecule has 0 atom stereocenters. The molecule has 2 rings (SSSR count). The van der Waals surface area contributed by atoms with Crippen molar-refractivity contribution < 1.29 is 19.1 Å². The predicted octanol–water partition coefficient (Wildman–Crippen LogP) is 2.11. The van der Waals surface area contributed by atoms with Crippen LogP contribution in [0, 0.1) is 0 Å². The van der Waals surface area contributed by atoms with Gasteiger partial charge in [0.1, 0.15) is 6.54 Å². The molecule has 8 heteroatoms. The van der Waals surface area contributed by atoms with Crippen molar-refractivity contribution >= 4 is 29.3 Å². The van der Waals surface area contributed by atoms with E-state index in [4.69, 9.17) is 4.74 Å². The highest BCUT2D eigenvalue weighted by Gasteiger charge is 2.21. The molecule has 1 aromatic rings. The lowest BCUT2D eigenvalue weighted by molar-refractivity contribution is -0.141. The number of carbonyl (C=O) groups excluding carboxylic acids is 3. The molecule has 0 aromatic heterocycles. The fourth-order valence-corrected chi connectivity index (χ4v) is 2.91. The summed E-state index contributed by atoms with van der Waals surface area (Å²) in [6.07, 6.45) is 2.20. The normalized spacial score (nSPS) is 13.4. The smallest absolute Gasteiger partial charge is 0.325 e. The van der Waals surface area contributed by atoms with Gasteiger partial charge in [-0.2, -0.15) is 0 Å². The maximum absolute atomic E-state index is 12.6. The molecule has 0 bridgehead atoms. The predicted molar refractivity (Wildman–Crippen MR) is 104 cm³/mol. The van der Waals surface area contributed by atoms with Crippen LogP contribution in [-0.4, -0.2) is 50.2 Å². The lowest BCUT2D eigenvalue weighted by Crippen LogP contribution is -2.34. The van der Waals surface area contributed by atoms with Crippen LogP contribution in [0.25, 0.3) is 0 Å². The van der Waals surface area contributed by atoms with Crippen LogP contribution < -0.4 is 20.9 Å². The van der Waals surface area contributed by atoms with Crippen LogP contribution in [0.2, 0.25) is 0 Å². The second-order valence-corrected chi connectivity index (χ2v) is 6.67. The van der Waals surface area contributed by atoms with Crippen molar-refractivity contribution in [2.75, 3.05) is 36.5 Å². The van der Waals surface area contributed by atoms with Crippen LogP contribution in [0.3, 0.4) is 0 Å². The van der Waals surface area contributed by atoms with Gasteiger partial charge in [0, 0.05) is 30.5 Å². The van der Waals surface area contributed by atoms with Gasteiger partial charge in [0.05, 0.1) is 12.2 Å². The van der Waals surface area contributed by atoms with E-state index in [1.54, 1.807) is 19.1 Å². The fourth-order valence-electron chi connectivity index (χ4n) is 2.91. The van der Waals surface area contributed by atoms with Gasteiger partial charge in [-0.25, -0.2) is 4.79 Å². The topological polar surface area (TPSA) is 99.8 Å². The Hall–Kier alpha value is -2.77. The first-order chi connectivity index (χ1) is 12.9. The van der Waals surface area contributed by atoms with E-state index in [-0.39, 0.29) is 25.1 Å². The van der Waals surface area contributed by atoms with Gasteiger partial charge in [0.15, 0.2) is 0 Å². The molecule has 0 aliphatic carbocycles. The largest absolute Gasteiger partial charge is 0.465 e. The van der Waals surface area contributed by atoms with Gasteiger partial charge in [-0.1, -0.05) is 0 Å². The van der Waals surface area contributed by atoms with Crippen molar-refractivity contribution in [1.82, 2.24) is 10.6 Å². The molecular formula is C19H28N4O4. The zero-order chi connectivity index (χ0) is 19.8. The second kappa shape index (κ2) is 9.80. The summed E-state index contributed by atoms with van der Waals surface area (Å²) in [7, 11) is 0. The van der Waals surface area contributed by atoms with Crippen LogP contribution in [0.4, 0.5) is 16.2 Å². The van der Waals surface area contributed by atoms with Crippen LogP contribution in [-0.2, 0) is 9.53 Å². The molecule has 1 aromatic carbocycles. The first-order valence-corrected chi connectivity index (χ1v) is 9.31.